The number of benzene rings is 2. The minimum atomic E-state index is -0.373. The number of anilines is 1. The lowest BCUT2D eigenvalue weighted by atomic mass is 10.1. The predicted octanol–water partition coefficient (Wildman–Crippen LogP) is 3.93. The number of aromatic hydroxyl groups is 1. The van der Waals surface area contributed by atoms with Crippen LogP contribution in [0, 0.1) is 6.92 Å². The topological polar surface area (TPSA) is 71.5 Å². The van der Waals surface area contributed by atoms with Gasteiger partial charge in [-0.1, -0.05) is 18.2 Å². The third-order valence-corrected chi connectivity index (χ3v) is 3.62. The smallest absolute Gasteiger partial charge is 0.259 e. The Morgan fingerprint density at radius 3 is 2.80 bits per heavy atom. The van der Waals surface area contributed by atoms with Crippen LogP contribution in [-0.4, -0.2) is 16.0 Å². The van der Waals surface area contributed by atoms with Crippen molar-refractivity contribution in [1.82, 2.24) is 4.98 Å². The number of phenolic OH excluding ortho intramolecular Hbond substituents is 1. The van der Waals surface area contributed by atoms with E-state index in [1.54, 1.807) is 48.8 Å². The molecule has 0 aliphatic heterocycles. The number of ether oxygens (including phenoxy) is 1. The van der Waals surface area contributed by atoms with Crippen LogP contribution in [0.4, 0.5) is 5.69 Å². The van der Waals surface area contributed by atoms with Crippen molar-refractivity contribution in [3.63, 3.8) is 0 Å². The van der Waals surface area contributed by atoms with Gasteiger partial charge in [-0.25, -0.2) is 0 Å². The third-order valence-electron chi connectivity index (χ3n) is 3.62. The monoisotopic (exact) mass is 334 g/mol. The van der Waals surface area contributed by atoms with Gasteiger partial charge < -0.3 is 15.2 Å². The van der Waals surface area contributed by atoms with E-state index < -0.39 is 0 Å². The summed E-state index contributed by atoms with van der Waals surface area (Å²) in [6, 6.07) is 15.8. The van der Waals surface area contributed by atoms with Gasteiger partial charge in [-0.15, -0.1) is 0 Å². The second-order valence-electron chi connectivity index (χ2n) is 5.65. The maximum Gasteiger partial charge on any atom is 0.259 e. The normalized spacial score (nSPS) is 10.3. The first-order chi connectivity index (χ1) is 12.1. The third kappa shape index (κ3) is 4.35. The van der Waals surface area contributed by atoms with E-state index in [-0.39, 0.29) is 17.2 Å². The van der Waals surface area contributed by atoms with Crippen molar-refractivity contribution < 1.29 is 14.6 Å². The Labute approximate surface area is 145 Å². The van der Waals surface area contributed by atoms with Crippen molar-refractivity contribution in [2.45, 2.75) is 13.5 Å². The van der Waals surface area contributed by atoms with Crippen LogP contribution in [0.15, 0.2) is 67.0 Å². The number of pyridine rings is 1. The number of hydrogen-bond donors (Lipinski definition) is 2. The second kappa shape index (κ2) is 7.49. The van der Waals surface area contributed by atoms with E-state index in [1.807, 2.05) is 25.1 Å². The number of rotatable bonds is 5. The van der Waals surface area contributed by atoms with Crippen molar-refractivity contribution in [2.75, 3.05) is 5.32 Å². The van der Waals surface area contributed by atoms with Gasteiger partial charge in [-0.2, -0.15) is 0 Å². The minimum Gasteiger partial charge on any atom is -0.507 e. The van der Waals surface area contributed by atoms with E-state index in [0.29, 0.717) is 18.0 Å². The number of phenols is 1. The van der Waals surface area contributed by atoms with Gasteiger partial charge in [0.15, 0.2) is 0 Å². The molecule has 0 aliphatic rings. The minimum absolute atomic E-state index is 0.0403. The fraction of sp³-hybridized carbons (Fsp3) is 0.100. The number of carbonyl (C=O) groups is 1. The Morgan fingerprint density at radius 2 is 2.04 bits per heavy atom. The van der Waals surface area contributed by atoms with Gasteiger partial charge in [0.2, 0.25) is 0 Å². The summed E-state index contributed by atoms with van der Waals surface area (Å²) in [7, 11) is 0. The van der Waals surface area contributed by atoms with Crippen LogP contribution in [0.5, 0.6) is 11.5 Å². The fourth-order valence-electron chi connectivity index (χ4n) is 2.35. The van der Waals surface area contributed by atoms with Crippen molar-refractivity contribution >= 4 is 11.6 Å². The van der Waals surface area contributed by atoms with E-state index in [1.165, 1.54) is 0 Å². The lowest BCUT2D eigenvalue weighted by Gasteiger charge is -2.10. The molecule has 0 unspecified atom stereocenters. The number of amides is 1. The van der Waals surface area contributed by atoms with Crippen LogP contribution < -0.4 is 10.1 Å². The molecule has 3 aromatic rings. The molecule has 1 heterocycles. The summed E-state index contributed by atoms with van der Waals surface area (Å²) in [4.78, 5) is 16.4. The Morgan fingerprint density at radius 1 is 1.16 bits per heavy atom. The number of hydrogen-bond acceptors (Lipinski definition) is 4. The molecule has 0 saturated carbocycles. The Bertz CT molecular complexity index is 879. The van der Waals surface area contributed by atoms with Gasteiger partial charge in [-0.3, -0.25) is 9.78 Å². The highest BCUT2D eigenvalue weighted by Gasteiger charge is 2.11. The lowest BCUT2D eigenvalue weighted by molar-refractivity contribution is 0.102. The van der Waals surface area contributed by atoms with Crippen molar-refractivity contribution in [3.05, 3.63) is 83.7 Å². The summed E-state index contributed by atoms with van der Waals surface area (Å²) in [5, 5.41) is 12.7. The zero-order valence-electron chi connectivity index (χ0n) is 13.8. The molecule has 1 aromatic heterocycles. The Hall–Kier alpha value is -3.34. The van der Waals surface area contributed by atoms with Gasteiger partial charge in [0.25, 0.3) is 5.91 Å². The van der Waals surface area contributed by atoms with Crippen LogP contribution in [0.3, 0.4) is 0 Å². The summed E-state index contributed by atoms with van der Waals surface area (Å²) >= 11 is 0. The summed E-state index contributed by atoms with van der Waals surface area (Å²) in [5.41, 5.74) is 2.67. The largest absolute Gasteiger partial charge is 0.507 e. The van der Waals surface area contributed by atoms with E-state index >= 15 is 0 Å². The summed E-state index contributed by atoms with van der Waals surface area (Å²) in [6.07, 6.45) is 3.45. The summed E-state index contributed by atoms with van der Waals surface area (Å²) < 4.78 is 5.72. The zero-order chi connectivity index (χ0) is 17.6. The molecule has 126 valence electrons. The van der Waals surface area contributed by atoms with Gasteiger partial charge >= 0.3 is 0 Å². The highest BCUT2D eigenvalue weighted by atomic mass is 16.5. The summed E-state index contributed by atoms with van der Waals surface area (Å²) in [6.45, 7) is 2.24. The molecule has 0 fully saturated rings. The molecule has 1 amide bonds. The van der Waals surface area contributed by atoms with Crippen molar-refractivity contribution in [2.24, 2.45) is 0 Å². The molecular formula is C20H18N2O3. The zero-order valence-corrected chi connectivity index (χ0v) is 13.8. The number of carbonyl (C=O) groups excluding carboxylic acids is 1. The number of nitrogens with one attached hydrogen (secondary N) is 1. The van der Waals surface area contributed by atoms with Gasteiger partial charge in [0.05, 0.1) is 5.56 Å². The molecule has 25 heavy (non-hydrogen) atoms. The summed E-state index contributed by atoms with van der Waals surface area (Å²) in [5.74, 6) is 0.221. The first-order valence-electron chi connectivity index (χ1n) is 7.84. The van der Waals surface area contributed by atoms with Gasteiger partial charge in [0.1, 0.15) is 18.1 Å². The molecule has 0 radical (unpaired) electrons. The first-order valence-corrected chi connectivity index (χ1v) is 7.84. The molecule has 0 aliphatic carbocycles. The first kappa shape index (κ1) is 16.5. The predicted molar refractivity (Wildman–Crippen MR) is 95.8 cm³/mol. The second-order valence-corrected chi connectivity index (χ2v) is 5.65. The number of aryl methyl sites for hydroxylation is 1. The maximum absolute atomic E-state index is 12.3. The van der Waals surface area contributed by atoms with E-state index in [4.69, 9.17) is 4.74 Å². The molecule has 0 spiro atoms. The molecule has 0 bridgehead atoms. The van der Waals surface area contributed by atoms with Gasteiger partial charge in [0, 0.05) is 29.7 Å². The van der Waals surface area contributed by atoms with Crippen LogP contribution in [-0.2, 0) is 6.61 Å². The lowest BCUT2D eigenvalue weighted by Crippen LogP contribution is -2.12. The quantitative estimate of drug-likeness (QED) is 0.742. The molecule has 2 aromatic carbocycles. The molecular weight excluding hydrogens is 316 g/mol. The molecule has 5 heteroatoms. The molecule has 5 nitrogen and oxygen atoms in total. The molecule has 0 saturated heterocycles. The Kier molecular flexibility index (Phi) is 4.95. The molecule has 2 N–H and O–H groups in total. The fourth-order valence-corrected chi connectivity index (χ4v) is 2.35. The van der Waals surface area contributed by atoms with Crippen molar-refractivity contribution in [1.29, 1.82) is 0 Å². The van der Waals surface area contributed by atoms with Gasteiger partial charge in [-0.05, 0) is 42.8 Å². The van der Waals surface area contributed by atoms with Crippen LogP contribution in [0.2, 0.25) is 0 Å². The molecule has 3 rings (SSSR count). The average Bonchev–Trinajstić information content (AvgIpc) is 2.61. The molecule has 0 atom stereocenters. The Balaban J connectivity index is 1.68. The van der Waals surface area contributed by atoms with Crippen molar-refractivity contribution in [3.8, 4) is 11.5 Å². The van der Waals surface area contributed by atoms with E-state index in [9.17, 15) is 9.90 Å². The standard InChI is InChI=1S/C20H18N2O3/c1-14-7-8-18(19(23)10-14)20(24)22-16-5-2-6-17(11-16)25-13-15-4-3-9-21-12-15/h2-12,23H,13H2,1H3,(H,22,24). The number of nitrogens with zero attached hydrogens (tertiary/aromatic N) is 1. The highest BCUT2D eigenvalue weighted by Crippen LogP contribution is 2.22. The highest BCUT2D eigenvalue weighted by molar-refractivity contribution is 6.06. The number of aromatic nitrogens is 1. The SMILES string of the molecule is Cc1ccc(C(=O)Nc2cccc(OCc3cccnc3)c2)c(O)c1. The average molecular weight is 334 g/mol. The van der Waals surface area contributed by atoms with E-state index in [0.717, 1.165) is 11.1 Å². The van der Waals surface area contributed by atoms with Crippen LogP contribution >= 0.6 is 0 Å². The van der Waals surface area contributed by atoms with Crippen LogP contribution in [0.25, 0.3) is 0 Å². The maximum atomic E-state index is 12.3. The van der Waals surface area contributed by atoms with E-state index in [2.05, 4.69) is 10.3 Å². The van der Waals surface area contributed by atoms with Crippen LogP contribution in [0.1, 0.15) is 21.5 Å².